The van der Waals surface area contributed by atoms with Gasteiger partial charge in [-0.1, -0.05) is 54.1 Å². The Morgan fingerprint density at radius 2 is 1.56 bits per heavy atom. The van der Waals surface area contributed by atoms with E-state index in [-0.39, 0.29) is 28.7 Å². The third-order valence-electron chi connectivity index (χ3n) is 4.84. The third-order valence-corrected chi connectivity index (χ3v) is 6.56. The SMILES string of the molecule is CCOc1ccccc1NC(=O)C(Cc1ccccc1)NS(=O)(=O)c1cc(Cl)ccc1OCC. The molecule has 3 rings (SSSR count). The molecule has 1 unspecified atom stereocenters. The van der Waals surface area contributed by atoms with E-state index in [4.69, 9.17) is 21.1 Å². The Balaban J connectivity index is 1.94. The van der Waals surface area contributed by atoms with Crippen molar-refractivity contribution < 1.29 is 22.7 Å². The predicted octanol–water partition coefficient (Wildman–Crippen LogP) is 4.67. The standard InChI is InChI=1S/C25H27ClN2O5S/c1-3-32-22-13-9-8-12-20(22)27-25(29)21(16-18-10-6-5-7-11-18)28-34(30,31)24-17-19(26)14-15-23(24)33-4-2/h5-15,17,21,28H,3-4,16H2,1-2H3,(H,27,29). The van der Waals surface area contributed by atoms with Crippen molar-refractivity contribution in [1.82, 2.24) is 4.72 Å². The Labute approximate surface area is 205 Å². The zero-order chi connectivity index (χ0) is 24.6. The summed E-state index contributed by atoms with van der Waals surface area (Å²) in [4.78, 5) is 13.2. The minimum Gasteiger partial charge on any atom is -0.492 e. The van der Waals surface area contributed by atoms with Crippen LogP contribution in [0.25, 0.3) is 0 Å². The van der Waals surface area contributed by atoms with Gasteiger partial charge in [0.1, 0.15) is 22.4 Å². The van der Waals surface area contributed by atoms with Gasteiger partial charge in [0.25, 0.3) is 0 Å². The number of carbonyl (C=O) groups excluding carboxylic acids is 1. The Bertz CT molecular complexity index is 1220. The van der Waals surface area contributed by atoms with Gasteiger partial charge >= 0.3 is 0 Å². The maximum absolute atomic E-state index is 13.4. The van der Waals surface area contributed by atoms with Gasteiger partial charge in [0.2, 0.25) is 15.9 Å². The normalized spacial score (nSPS) is 12.1. The fraction of sp³-hybridized carbons (Fsp3) is 0.240. The number of hydrogen-bond acceptors (Lipinski definition) is 5. The van der Waals surface area contributed by atoms with Crippen molar-refractivity contribution in [3.05, 3.63) is 83.4 Å². The number of para-hydroxylation sites is 2. The van der Waals surface area contributed by atoms with Crippen LogP contribution in [-0.4, -0.2) is 33.6 Å². The molecular formula is C25H27ClN2O5S. The minimum absolute atomic E-state index is 0.132. The van der Waals surface area contributed by atoms with Crippen molar-refractivity contribution in [2.45, 2.75) is 31.2 Å². The molecule has 3 aromatic rings. The van der Waals surface area contributed by atoms with Crippen LogP contribution in [0.3, 0.4) is 0 Å². The van der Waals surface area contributed by atoms with Gasteiger partial charge in [-0.25, -0.2) is 8.42 Å². The molecule has 0 spiro atoms. The zero-order valence-corrected chi connectivity index (χ0v) is 20.5. The second-order valence-corrected chi connectivity index (χ2v) is 9.42. The highest BCUT2D eigenvalue weighted by Gasteiger charge is 2.29. The van der Waals surface area contributed by atoms with E-state index in [1.54, 1.807) is 37.3 Å². The van der Waals surface area contributed by atoms with Crippen LogP contribution in [-0.2, 0) is 21.2 Å². The van der Waals surface area contributed by atoms with Crippen molar-refractivity contribution in [2.24, 2.45) is 0 Å². The molecule has 0 radical (unpaired) electrons. The quantitative estimate of drug-likeness (QED) is 0.397. The van der Waals surface area contributed by atoms with Crippen molar-refractivity contribution >= 4 is 33.2 Å². The van der Waals surface area contributed by atoms with Crippen LogP contribution in [0.2, 0.25) is 5.02 Å². The Kier molecular flexibility index (Phi) is 8.92. The molecule has 1 atom stereocenters. The molecule has 0 fully saturated rings. The maximum atomic E-state index is 13.4. The lowest BCUT2D eigenvalue weighted by Gasteiger charge is -2.21. The summed E-state index contributed by atoms with van der Waals surface area (Å²) in [6.07, 6.45) is 0.132. The van der Waals surface area contributed by atoms with E-state index in [9.17, 15) is 13.2 Å². The smallest absolute Gasteiger partial charge is 0.245 e. The molecule has 7 nitrogen and oxygen atoms in total. The van der Waals surface area contributed by atoms with Gasteiger partial charge in [-0.3, -0.25) is 4.79 Å². The van der Waals surface area contributed by atoms with Gasteiger partial charge in [0, 0.05) is 5.02 Å². The maximum Gasteiger partial charge on any atom is 0.245 e. The fourth-order valence-corrected chi connectivity index (χ4v) is 4.93. The van der Waals surface area contributed by atoms with E-state index in [0.717, 1.165) is 5.56 Å². The van der Waals surface area contributed by atoms with Crippen molar-refractivity contribution in [3.63, 3.8) is 0 Å². The number of amides is 1. The summed E-state index contributed by atoms with van der Waals surface area (Å²) in [5, 5.41) is 3.03. The van der Waals surface area contributed by atoms with Crippen LogP contribution in [0.4, 0.5) is 5.69 Å². The van der Waals surface area contributed by atoms with Crippen LogP contribution in [0, 0.1) is 0 Å². The van der Waals surface area contributed by atoms with Crippen molar-refractivity contribution in [3.8, 4) is 11.5 Å². The number of carbonyl (C=O) groups is 1. The van der Waals surface area contributed by atoms with E-state index < -0.39 is 22.0 Å². The molecule has 0 saturated carbocycles. The molecule has 34 heavy (non-hydrogen) atoms. The van der Waals surface area contributed by atoms with E-state index >= 15 is 0 Å². The van der Waals surface area contributed by atoms with E-state index in [2.05, 4.69) is 10.0 Å². The lowest BCUT2D eigenvalue weighted by Crippen LogP contribution is -2.45. The van der Waals surface area contributed by atoms with Gasteiger partial charge in [0.05, 0.1) is 18.9 Å². The van der Waals surface area contributed by atoms with Crippen LogP contribution in [0.15, 0.2) is 77.7 Å². The summed E-state index contributed by atoms with van der Waals surface area (Å²) in [5.74, 6) is 0.118. The largest absolute Gasteiger partial charge is 0.492 e. The molecule has 1 amide bonds. The monoisotopic (exact) mass is 502 g/mol. The molecule has 2 N–H and O–H groups in total. The molecule has 180 valence electrons. The van der Waals surface area contributed by atoms with Crippen molar-refractivity contribution in [1.29, 1.82) is 0 Å². The van der Waals surface area contributed by atoms with E-state index in [0.29, 0.717) is 18.0 Å². The Morgan fingerprint density at radius 3 is 2.26 bits per heavy atom. The third kappa shape index (κ3) is 6.72. The fourth-order valence-electron chi connectivity index (χ4n) is 3.33. The number of rotatable bonds is 11. The highest BCUT2D eigenvalue weighted by Crippen LogP contribution is 2.28. The molecule has 0 aromatic heterocycles. The highest BCUT2D eigenvalue weighted by molar-refractivity contribution is 7.89. The number of nitrogens with one attached hydrogen (secondary N) is 2. The first-order valence-electron chi connectivity index (χ1n) is 10.8. The Hall–Kier alpha value is -3.07. The second-order valence-electron chi connectivity index (χ2n) is 7.31. The zero-order valence-electron chi connectivity index (χ0n) is 19.0. The number of benzene rings is 3. The number of anilines is 1. The number of sulfonamides is 1. The van der Waals surface area contributed by atoms with E-state index in [1.165, 1.54) is 12.1 Å². The van der Waals surface area contributed by atoms with Crippen LogP contribution in [0.5, 0.6) is 11.5 Å². The van der Waals surface area contributed by atoms with Crippen LogP contribution < -0.4 is 19.5 Å². The summed E-state index contributed by atoms with van der Waals surface area (Å²) in [7, 11) is -4.16. The molecule has 0 saturated heterocycles. The second kappa shape index (κ2) is 11.9. The van der Waals surface area contributed by atoms with Crippen LogP contribution in [0.1, 0.15) is 19.4 Å². The lowest BCUT2D eigenvalue weighted by molar-refractivity contribution is -0.117. The first-order chi connectivity index (χ1) is 16.3. The van der Waals surface area contributed by atoms with Gasteiger partial charge in [-0.15, -0.1) is 0 Å². The van der Waals surface area contributed by atoms with Gasteiger partial charge < -0.3 is 14.8 Å². The lowest BCUT2D eigenvalue weighted by atomic mass is 10.1. The first-order valence-corrected chi connectivity index (χ1v) is 12.7. The molecule has 3 aromatic carbocycles. The molecule has 0 bridgehead atoms. The van der Waals surface area contributed by atoms with Crippen molar-refractivity contribution in [2.75, 3.05) is 18.5 Å². The minimum atomic E-state index is -4.16. The topological polar surface area (TPSA) is 93.7 Å². The molecule has 0 heterocycles. The average molecular weight is 503 g/mol. The summed E-state index contributed by atoms with van der Waals surface area (Å²) < 4.78 is 40.3. The predicted molar refractivity (Wildman–Crippen MR) is 133 cm³/mol. The Morgan fingerprint density at radius 1 is 0.912 bits per heavy atom. The number of ether oxygens (including phenoxy) is 2. The van der Waals surface area contributed by atoms with E-state index in [1.807, 2.05) is 37.3 Å². The van der Waals surface area contributed by atoms with Gasteiger partial charge in [-0.2, -0.15) is 4.72 Å². The summed E-state index contributed by atoms with van der Waals surface area (Å²) in [5.41, 5.74) is 1.24. The van der Waals surface area contributed by atoms with Gasteiger partial charge in [-0.05, 0) is 56.2 Å². The molecule has 9 heteroatoms. The highest BCUT2D eigenvalue weighted by atomic mass is 35.5. The number of halogens is 1. The summed E-state index contributed by atoms with van der Waals surface area (Å²) in [6.45, 7) is 4.28. The molecule has 0 aliphatic carbocycles. The molecule has 0 aliphatic rings. The number of hydrogen-bond donors (Lipinski definition) is 2. The summed E-state index contributed by atoms with van der Waals surface area (Å²) in [6, 6.07) is 19.4. The molecule has 0 aliphatic heterocycles. The van der Waals surface area contributed by atoms with Gasteiger partial charge in [0.15, 0.2) is 0 Å². The summed E-state index contributed by atoms with van der Waals surface area (Å²) >= 11 is 6.07. The average Bonchev–Trinajstić information content (AvgIpc) is 2.82. The molecular weight excluding hydrogens is 476 g/mol. The first kappa shape index (κ1) is 25.6. The van der Waals surface area contributed by atoms with Crippen LogP contribution >= 0.6 is 11.6 Å².